The lowest BCUT2D eigenvalue weighted by Crippen LogP contribution is -2.38. The van der Waals surface area contributed by atoms with Crippen molar-refractivity contribution in [3.8, 4) is 0 Å². The minimum absolute atomic E-state index is 0.0144. The topological polar surface area (TPSA) is 23.5 Å². The van der Waals surface area contributed by atoms with Crippen molar-refractivity contribution in [3.05, 3.63) is 119 Å². The van der Waals surface area contributed by atoms with E-state index in [1.54, 1.807) is 0 Å². The van der Waals surface area contributed by atoms with Crippen LogP contribution in [0.25, 0.3) is 0 Å². The predicted octanol–water partition coefficient (Wildman–Crippen LogP) is 4.52. The molecule has 5 rings (SSSR count). The molecular formula is C24H21NO. The van der Waals surface area contributed by atoms with E-state index in [0.29, 0.717) is 0 Å². The monoisotopic (exact) mass is 339 g/mol. The second kappa shape index (κ2) is 5.86. The molecular weight excluding hydrogens is 318 g/mol. The third-order valence-corrected chi connectivity index (χ3v) is 5.73. The van der Waals surface area contributed by atoms with Crippen LogP contribution in [0, 0.1) is 5.92 Å². The number of hydrogen-bond donors (Lipinski definition) is 1. The maximum Gasteiger partial charge on any atom is 0.123 e. The lowest BCUT2D eigenvalue weighted by atomic mass is 9.76. The third kappa shape index (κ3) is 2.23. The molecule has 0 fully saturated rings. The van der Waals surface area contributed by atoms with E-state index in [-0.39, 0.29) is 5.92 Å². The minimum Gasteiger partial charge on any atom is -0.380 e. The Labute approximate surface area is 154 Å². The molecule has 0 radical (unpaired) electrons. The van der Waals surface area contributed by atoms with Gasteiger partial charge in [0.05, 0.1) is 0 Å². The molecule has 2 heterocycles. The van der Waals surface area contributed by atoms with Crippen LogP contribution in [0.3, 0.4) is 0 Å². The summed E-state index contributed by atoms with van der Waals surface area (Å²) in [5, 5.41) is 12.0. The number of nitrogens with zero attached hydrogens (tertiary/aromatic N) is 1. The minimum atomic E-state index is -1.05. The summed E-state index contributed by atoms with van der Waals surface area (Å²) in [7, 11) is 0. The summed E-state index contributed by atoms with van der Waals surface area (Å²) >= 11 is 0. The van der Waals surface area contributed by atoms with E-state index in [9.17, 15) is 5.11 Å². The van der Waals surface area contributed by atoms with E-state index in [0.717, 1.165) is 24.1 Å². The quantitative estimate of drug-likeness (QED) is 0.888. The Morgan fingerprint density at radius 3 is 2.15 bits per heavy atom. The van der Waals surface area contributed by atoms with Gasteiger partial charge in [0.2, 0.25) is 0 Å². The molecule has 2 aromatic carbocycles. The van der Waals surface area contributed by atoms with Crippen LogP contribution in [0.5, 0.6) is 0 Å². The fourth-order valence-electron chi connectivity index (χ4n) is 4.40. The summed E-state index contributed by atoms with van der Waals surface area (Å²) < 4.78 is 0. The molecule has 0 spiro atoms. The van der Waals surface area contributed by atoms with E-state index in [1.165, 1.54) is 17.0 Å². The third-order valence-electron chi connectivity index (χ3n) is 5.73. The lowest BCUT2D eigenvalue weighted by molar-refractivity contribution is 0.0344. The summed E-state index contributed by atoms with van der Waals surface area (Å²) in [5.41, 5.74) is 4.68. The second-order valence-electron chi connectivity index (χ2n) is 7.15. The van der Waals surface area contributed by atoms with Crippen LogP contribution in [-0.4, -0.2) is 16.6 Å². The van der Waals surface area contributed by atoms with E-state index >= 15 is 0 Å². The summed E-state index contributed by atoms with van der Waals surface area (Å²) in [6.45, 7) is 0.792. The van der Waals surface area contributed by atoms with Crippen LogP contribution < -0.4 is 0 Å². The Balaban J connectivity index is 1.60. The Morgan fingerprint density at radius 1 is 0.846 bits per heavy atom. The molecule has 1 atom stereocenters. The Hall–Kier alpha value is -2.84. The molecule has 128 valence electrons. The molecule has 0 saturated carbocycles. The highest BCUT2D eigenvalue weighted by Gasteiger charge is 2.44. The zero-order chi connectivity index (χ0) is 17.6. The first-order valence-electron chi connectivity index (χ1n) is 9.17. The van der Waals surface area contributed by atoms with Gasteiger partial charge in [-0.25, -0.2) is 0 Å². The van der Waals surface area contributed by atoms with Crippen molar-refractivity contribution in [2.45, 2.75) is 12.0 Å². The van der Waals surface area contributed by atoms with Crippen molar-refractivity contribution in [1.29, 1.82) is 0 Å². The molecule has 2 nitrogen and oxygen atoms in total. The zero-order valence-electron chi connectivity index (χ0n) is 14.5. The molecule has 1 N–H and O–H groups in total. The summed E-state index contributed by atoms with van der Waals surface area (Å²) in [6, 6.07) is 20.1. The highest BCUT2D eigenvalue weighted by atomic mass is 16.3. The van der Waals surface area contributed by atoms with Gasteiger partial charge in [-0.05, 0) is 22.8 Å². The predicted molar refractivity (Wildman–Crippen MR) is 104 cm³/mol. The zero-order valence-corrected chi connectivity index (χ0v) is 14.5. The van der Waals surface area contributed by atoms with Crippen molar-refractivity contribution in [3.63, 3.8) is 0 Å². The Kier molecular flexibility index (Phi) is 3.47. The van der Waals surface area contributed by atoms with Gasteiger partial charge in [0, 0.05) is 30.3 Å². The van der Waals surface area contributed by atoms with Gasteiger partial charge in [0.25, 0.3) is 0 Å². The van der Waals surface area contributed by atoms with E-state index < -0.39 is 5.60 Å². The molecule has 1 aliphatic carbocycles. The van der Waals surface area contributed by atoms with E-state index in [4.69, 9.17) is 0 Å². The first kappa shape index (κ1) is 15.4. The molecule has 0 aromatic heterocycles. The fourth-order valence-corrected chi connectivity index (χ4v) is 4.40. The largest absolute Gasteiger partial charge is 0.380 e. The van der Waals surface area contributed by atoms with Gasteiger partial charge in [-0.2, -0.15) is 0 Å². The SMILES string of the molecule is OC(c1ccccc1)(c1ccccc1)[C@H]1C=C2C=CC3=C(CC=C3)N2C1. The van der Waals surface area contributed by atoms with Gasteiger partial charge in [0.15, 0.2) is 0 Å². The van der Waals surface area contributed by atoms with Crippen LogP contribution in [-0.2, 0) is 5.60 Å². The van der Waals surface area contributed by atoms with E-state index in [1.807, 2.05) is 60.7 Å². The number of rotatable bonds is 3. The number of fused-ring (bicyclic) bond motifs is 2. The molecule has 26 heavy (non-hydrogen) atoms. The summed E-state index contributed by atoms with van der Waals surface area (Å²) in [6.07, 6.45) is 12.0. The van der Waals surface area contributed by atoms with Gasteiger partial charge in [-0.3, -0.25) is 0 Å². The number of allylic oxidation sites excluding steroid dienone is 5. The van der Waals surface area contributed by atoms with Crippen molar-refractivity contribution >= 4 is 0 Å². The smallest absolute Gasteiger partial charge is 0.123 e. The van der Waals surface area contributed by atoms with Crippen molar-refractivity contribution in [2.75, 3.05) is 6.54 Å². The van der Waals surface area contributed by atoms with Gasteiger partial charge in [0.1, 0.15) is 5.60 Å². The molecule has 0 bridgehead atoms. The van der Waals surface area contributed by atoms with Crippen molar-refractivity contribution < 1.29 is 5.11 Å². The molecule has 2 heteroatoms. The maximum absolute atomic E-state index is 12.0. The highest BCUT2D eigenvalue weighted by molar-refractivity contribution is 5.51. The van der Waals surface area contributed by atoms with Crippen LogP contribution >= 0.6 is 0 Å². The average molecular weight is 339 g/mol. The number of hydrogen-bond acceptors (Lipinski definition) is 2. The van der Waals surface area contributed by atoms with Crippen LogP contribution in [0.1, 0.15) is 17.5 Å². The number of aliphatic hydroxyl groups is 1. The summed E-state index contributed by atoms with van der Waals surface area (Å²) in [5.74, 6) is -0.0144. The molecule has 0 saturated heterocycles. The molecule has 2 aliphatic heterocycles. The second-order valence-corrected chi connectivity index (χ2v) is 7.15. The standard InChI is InChI=1S/C24H21NO/c26-24(19-9-3-1-4-10-19,20-11-5-2-6-12-20)21-16-22-15-14-18-8-7-13-23(18)25(22)17-21/h1-12,14-16,21,26H,13,17H2/t21-/m0/s1. The Morgan fingerprint density at radius 2 is 1.50 bits per heavy atom. The van der Waals surface area contributed by atoms with Crippen LogP contribution in [0.4, 0.5) is 0 Å². The van der Waals surface area contributed by atoms with Gasteiger partial charge < -0.3 is 10.0 Å². The normalized spacial score (nSPS) is 21.0. The molecule has 2 aromatic rings. The van der Waals surface area contributed by atoms with Crippen molar-refractivity contribution in [1.82, 2.24) is 4.90 Å². The van der Waals surface area contributed by atoms with Gasteiger partial charge in [-0.1, -0.05) is 85.0 Å². The van der Waals surface area contributed by atoms with Crippen LogP contribution in [0.15, 0.2) is 108 Å². The van der Waals surface area contributed by atoms with E-state index in [2.05, 4.69) is 35.3 Å². The number of benzene rings is 2. The summed E-state index contributed by atoms with van der Waals surface area (Å²) in [4.78, 5) is 2.37. The highest BCUT2D eigenvalue weighted by Crippen LogP contribution is 2.45. The maximum atomic E-state index is 12.0. The fraction of sp³-hybridized carbons (Fsp3) is 0.167. The molecule has 0 amide bonds. The van der Waals surface area contributed by atoms with Crippen LogP contribution in [0.2, 0.25) is 0 Å². The lowest BCUT2D eigenvalue weighted by Gasteiger charge is -2.36. The molecule has 3 aliphatic rings. The first-order valence-corrected chi connectivity index (χ1v) is 9.17. The van der Waals surface area contributed by atoms with Gasteiger partial charge >= 0.3 is 0 Å². The first-order chi connectivity index (χ1) is 12.8. The average Bonchev–Trinajstić information content (AvgIpc) is 3.35. The Bertz CT molecular complexity index is 911. The van der Waals surface area contributed by atoms with Crippen molar-refractivity contribution in [2.24, 2.45) is 5.92 Å². The molecule has 0 unspecified atom stereocenters. The van der Waals surface area contributed by atoms with Gasteiger partial charge in [-0.15, -0.1) is 0 Å².